The Hall–Kier alpha value is -2.76. The molecule has 2 heterocycles. The number of benzene rings is 2. The highest BCUT2D eigenvalue weighted by atomic mass is 32.2. The number of hydrogen-bond donors (Lipinski definition) is 0. The molecule has 0 radical (unpaired) electrons. The van der Waals surface area contributed by atoms with Gasteiger partial charge in [0.1, 0.15) is 5.82 Å². The van der Waals surface area contributed by atoms with Gasteiger partial charge in [-0.05, 0) is 61.4 Å². The second-order valence-corrected chi connectivity index (χ2v) is 10.00. The summed E-state index contributed by atoms with van der Waals surface area (Å²) in [5.41, 5.74) is 1.24. The topological polar surface area (TPSA) is 94.4 Å². The minimum Gasteiger partial charge on any atom is -0.468 e. The molecule has 2 aromatic carbocycles. The molecular formula is C21H21FN4O4S2. The third-order valence-corrected chi connectivity index (χ3v) is 7.90. The van der Waals surface area contributed by atoms with E-state index in [0.29, 0.717) is 35.3 Å². The molecule has 4 rings (SSSR count). The van der Waals surface area contributed by atoms with E-state index in [1.54, 1.807) is 41.0 Å². The summed E-state index contributed by atoms with van der Waals surface area (Å²) in [4.78, 5) is 11.8. The van der Waals surface area contributed by atoms with E-state index >= 15 is 0 Å². The van der Waals surface area contributed by atoms with Crippen LogP contribution in [0.3, 0.4) is 0 Å². The minimum absolute atomic E-state index is 0.0306. The van der Waals surface area contributed by atoms with E-state index in [0.717, 1.165) is 24.6 Å². The average molecular weight is 477 g/mol. The van der Waals surface area contributed by atoms with E-state index in [9.17, 15) is 17.6 Å². The van der Waals surface area contributed by atoms with Gasteiger partial charge in [0.25, 0.3) is 0 Å². The van der Waals surface area contributed by atoms with Gasteiger partial charge < -0.3 is 4.74 Å². The molecule has 168 valence electrons. The Balaban J connectivity index is 1.70. The van der Waals surface area contributed by atoms with Crippen LogP contribution in [0.5, 0.6) is 0 Å². The van der Waals surface area contributed by atoms with Gasteiger partial charge >= 0.3 is 5.97 Å². The smallest absolute Gasteiger partial charge is 0.316 e. The number of thioether (sulfide) groups is 1. The molecule has 0 amide bonds. The molecule has 0 atom stereocenters. The fraction of sp³-hybridized carbons (Fsp3) is 0.286. The second kappa shape index (κ2) is 9.39. The fourth-order valence-electron chi connectivity index (χ4n) is 3.41. The Morgan fingerprint density at radius 2 is 1.72 bits per heavy atom. The summed E-state index contributed by atoms with van der Waals surface area (Å²) in [6.45, 7) is 1.06. The molecule has 3 aromatic rings. The van der Waals surface area contributed by atoms with Gasteiger partial charge in [0.05, 0.1) is 17.8 Å². The quantitative estimate of drug-likeness (QED) is 0.382. The van der Waals surface area contributed by atoms with Crippen LogP contribution in [-0.2, 0) is 19.6 Å². The summed E-state index contributed by atoms with van der Waals surface area (Å²) in [6, 6.07) is 12.2. The Bertz CT molecular complexity index is 1210. The standard InChI is InChI=1S/C21H21FN4O4S2/c1-30-19(27)14-31-21-24-23-20(26(21)17-8-6-16(22)7-9-17)15-4-10-18(11-5-15)32(28,29)25-12-2-3-13-25/h4-11H,2-3,12-14H2,1H3. The Labute approximate surface area is 189 Å². The maximum atomic E-state index is 13.5. The lowest BCUT2D eigenvalue weighted by molar-refractivity contribution is -0.137. The lowest BCUT2D eigenvalue weighted by atomic mass is 10.2. The van der Waals surface area contributed by atoms with Crippen molar-refractivity contribution in [1.82, 2.24) is 19.1 Å². The zero-order chi connectivity index (χ0) is 22.7. The van der Waals surface area contributed by atoms with Crippen LogP contribution < -0.4 is 0 Å². The summed E-state index contributed by atoms with van der Waals surface area (Å²) in [7, 11) is -2.22. The number of aromatic nitrogens is 3. The van der Waals surface area contributed by atoms with Gasteiger partial charge in [0, 0.05) is 24.3 Å². The molecule has 0 N–H and O–H groups in total. The highest BCUT2D eigenvalue weighted by Gasteiger charge is 2.27. The molecule has 0 bridgehead atoms. The number of carbonyl (C=O) groups is 1. The zero-order valence-electron chi connectivity index (χ0n) is 17.3. The van der Waals surface area contributed by atoms with E-state index in [1.165, 1.54) is 23.5 Å². The number of methoxy groups -OCH3 is 1. The van der Waals surface area contributed by atoms with Crippen LogP contribution in [0.1, 0.15) is 12.8 Å². The predicted octanol–water partition coefficient (Wildman–Crippen LogP) is 3.12. The van der Waals surface area contributed by atoms with Gasteiger partial charge in [-0.1, -0.05) is 11.8 Å². The van der Waals surface area contributed by atoms with E-state index in [-0.39, 0.29) is 16.5 Å². The SMILES string of the molecule is COC(=O)CSc1nnc(-c2ccc(S(=O)(=O)N3CCCC3)cc2)n1-c1ccc(F)cc1. The molecule has 1 saturated heterocycles. The number of ether oxygens (including phenoxy) is 1. The molecule has 0 unspecified atom stereocenters. The zero-order valence-corrected chi connectivity index (χ0v) is 18.9. The summed E-state index contributed by atoms with van der Waals surface area (Å²) >= 11 is 1.14. The number of esters is 1. The third-order valence-electron chi connectivity index (χ3n) is 5.08. The molecule has 1 aliphatic rings. The van der Waals surface area contributed by atoms with Crippen molar-refractivity contribution in [2.24, 2.45) is 0 Å². The first kappa shape index (κ1) is 22.4. The number of sulfonamides is 1. The summed E-state index contributed by atoms with van der Waals surface area (Å²) < 4.78 is 46.9. The van der Waals surface area contributed by atoms with Crippen molar-refractivity contribution in [1.29, 1.82) is 0 Å². The van der Waals surface area contributed by atoms with Gasteiger partial charge in [0.2, 0.25) is 10.0 Å². The molecule has 32 heavy (non-hydrogen) atoms. The molecule has 1 aromatic heterocycles. The Kier molecular flexibility index (Phi) is 6.58. The van der Waals surface area contributed by atoms with Crippen molar-refractivity contribution in [3.05, 3.63) is 54.3 Å². The van der Waals surface area contributed by atoms with Crippen LogP contribution in [0.25, 0.3) is 17.1 Å². The first-order valence-corrected chi connectivity index (χ1v) is 12.3. The molecule has 0 saturated carbocycles. The maximum absolute atomic E-state index is 13.5. The van der Waals surface area contributed by atoms with Gasteiger partial charge in [-0.3, -0.25) is 9.36 Å². The van der Waals surface area contributed by atoms with E-state index in [2.05, 4.69) is 14.9 Å². The van der Waals surface area contributed by atoms with E-state index < -0.39 is 16.0 Å². The van der Waals surface area contributed by atoms with Gasteiger partial charge in [-0.25, -0.2) is 12.8 Å². The Morgan fingerprint density at radius 1 is 1.06 bits per heavy atom. The van der Waals surface area contributed by atoms with Crippen molar-refractivity contribution in [2.75, 3.05) is 26.0 Å². The highest BCUT2D eigenvalue weighted by molar-refractivity contribution is 7.99. The van der Waals surface area contributed by atoms with Crippen LogP contribution in [0.4, 0.5) is 4.39 Å². The van der Waals surface area contributed by atoms with Crippen molar-refractivity contribution < 1.29 is 22.3 Å². The molecule has 0 aliphatic carbocycles. The number of halogens is 1. The lowest BCUT2D eigenvalue weighted by Gasteiger charge is -2.15. The van der Waals surface area contributed by atoms with Crippen LogP contribution in [0, 0.1) is 5.82 Å². The molecule has 0 spiro atoms. The van der Waals surface area contributed by atoms with Crippen LogP contribution in [0.2, 0.25) is 0 Å². The first-order valence-electron chi connectivity index (χ1n) is 9.92. The first-order chi connectivity index (χ1) is 15.4. The van der Waals surface area contributed by atoms with E-state index in [4.69, 9.17) is 0 Å². The van der Waals surface area contributed by atoms with Crippen molar-refractivity contribution in [2.45, 2.75) is 22.9 Å². The average Bonchev–Trinajstić information content (AvgIpc) is 3.49. The fourth-order valence-corrected chi connectivity index (χ4v) is 5.71. The van der Waals surface area contributed by atoms with Crippen molar-refractivity contribution in [3.63, 3.8) is 0 Å². The predicted molar refractivity (Wildman–Crippen MR) is 117 cm³/mol. The van der Waals surface area contributed by atoms with Crippen LogP contribution in [0.15, 0.2) is 58.6 Å². The van der Waals surface area contributed by atoms with Gasteiger partial charge in [-0.2, -0.15) is 4.31 Å². The van der Waals surface area contributed by atoms with Crippen LogP contribution in [-0.4, -0.2) is 59.4 Å². The molecule has 1 aliphatic heterocycles. The largest absolute Gasteiger partial charge is 0.468 e. The molecule has 11 heteroatoms. The van der Waals surface area contributed by atoms with Gasteiger partial charge in [0.15, 0.2) is 11.0 Å². The monoisotopic (exact) mass is 476 g/mol. The van der Waals surface area contributed by atoms with Crippen molar-refractivity contribution in [3.8, 4) is 17.1 Å². The number of hydrogen-bond acceptors (Lipinski definition) is 7. The molecule has 8 nitrogen and oxygen atoms in total. The summed E-state index contributed by atoms with van der Waals surface area (Å²) in [5.74, 6) is -0.331. The lowest BCUT2D eigenvalue weighted by Crippen LogP contribution is -2.27. The minimum atomic E-state index is -3.53. The molecule has 1 fully saturated rings. The number of rotatable bonds is 7. The van der Waals surface area contributed by atoms with E-state index in [1.807, 2.05) is 0 Å². The summed E-state index contributed by atoms with van der Waals surface area (Å²) in [6.07, 6.45) is 1.73. The van der Waals surface area contributed by atoms with Crippen LogP contribution >= 0.6 is 11.8 Å². The molecular weight excluding hydrogens is 455 g/mol. The summed E-state index contributed by atoms with van der Waals surface area (Å²) in [5, 5.41) is 8.85. The number of carbonyl (C=O) groups excluding carboxylic acids is 1. The normalized spacial score (nSPS) is 14.6. The highest BCUT2D eigenvalue weighted by Crippen LogP contribution is 2.29. The maximum Gasteiger partial charge on any atom is 0.316 e. The Morgan fingerprint density at radius 3 is 2.34 bits per heavy atom. The second-order valence-electron chi connectivity index (χ2n) is 7.12. The third kappa shape index (κ3) is 4.54. The van der Waals surface area contributed by atoms with Crippen molar-refractivity contribution >= 4 is 27.8 Å². The van der Waals surface area contributed by atoms with Gasteiger partial charge in [-0.15, -0.1) is 10.2 Å². The number of nitrogens with zero attached hydrogens (tertiary/aromatic N) is 4.